The van der Waals surface area contributed by atoms with Gasteiger partial charge >= 0.3 is 0 Å². The standard InChI is InChI=1S/C16H16BrF2N/c1-9-3-4-10(2)11(5-9)6-16(20)12-7-15(19)13(17)8-14(12)18/h3-5,7-8,16H,6,20H2,1-2H3. The summed E-state index contributed by atoms with van der Waals surface area (Å²) in [5, 5.41) is 0. The monoisotopic (exact) mass is 339 g/mol. The van der Waals surface area contributed by atoms with Crippen LogP contribution in [0.1, 0.15) is 28.3 Å². The van der Waals surface area contributed by atoms with E-state index in [1.54, 1.807) is 0 Å². The fourth-order valence-electron chi connectivity index (χ4n) is 2.19. The molecule has 0 amide bonds. The number of halogens is 3. The van der Waals surface area contributed by atoms with E-state index in [0.717, 1.165) is 28.8 Å². The van der Waals surface area contributed by atoms with Gasteiger partial charge in [-0.3, -0.25) is 0 Å². The van der Waals surface area contributed by atoms with Crippen LogP contribution in [0.2, 0.25) is 0 Å². The van der Waals surface area contributed by atoms with Crippen LogP contribution in [0, 0.1) is 25.5 Å². The molecule has 0 spiro atoms. The van der Waals surface area contributed by atoms with E-state index < -0.39 is 17.7 Å². The maximum atomic E-state index is 13.9. The van der Waals surface area contributed by atoms with Gasteiger partial charge in [0.2, 0.25) is 0 Å². The molecule has 0 radical (unpaired) electrons. The summed E-state index contributed by atoms with van der Waals surface area (Å²) in [6.45, 7) is 3.98. The Morgan fingerprint density at radius 3 is 2.50 bits per heavy atom. The summed E-state index contributed by atoms with van der Waals surface area (Å²) in [5.41, 5.74) is 9.53. The summed E-state index contributed by atoms with van der Waals surface area (Å²) in [6, 6.07) is 7.77. The lowest BCUT2D eigenvalue weighted by Crippen LogP contribution is -2.16. The van der Waals surface area contributed by atoms with Gasteiger partial charge in [-0.25, -0.2) is 8.78 Å². The Labute approximate surface area is 125 Å². The average Bonchev–Trinajstić information content (AvgIpc) is 2.38. The lowest BCUT2D eigenvalue weighted by Gasteiger charge is -2.16. The normalized spacial score (nSPS) is 12.5. The molecule has 0 aliphatic rings. The second-order valence-corrected chi connectivity index (χ2v) is 5.88. The Bertz CT molecular complexity index is 641. The Balaban J connectivity index is 2.30. The molecule has 0 aromatic heterocycles. The Hall–Kier alpha value is -1.26. The molecule has 0 fully saturated rings. The molecule has 4 heteroatoms. The van der Waals surface area contributed by atoms with Crippen LogP contribution in [0.3, 0.4) is 0 Å². The maximum absolute atomic E-state index is 13.9. The first-order chi connectivity index (χ1) is 9.38. The lowest BCUT2D eigenvalue weighted by atomic mass is 9.95. The molecule has 20 heavy (non-hydrogen) atoms. The molecule has 2 aromatic rings. The lowest BCUT2D eigenvalue weighted by molar-refractivity contribution is 0.557. The summed E-state index contributed by atoms with van der Waals surface area (Å²) in [7, 11) is 0. The molecule has 0 heterocycles. The highest BCUT2D eigenvalue weighted by Gasteiger charge is 2.16. The molecule has 0 bridgehead atoms. The van der Waals surface area contributed by atoms with E-state index in [4.69, 9.17) is 5.73 Å². The number of aryl methyl sites for hydroxylation is 2. The van der Waals surface area contributed by atoms with Gasteiger partial charge < -0.3 is 5.73 Å². The van der Waals surface area contributed by atoms with Gasteiger partial charge in [0.25, 0.3) is 0 Å². The number of benzene rings is 2. The first kappa shape index (κ1) is 15.1. The molecular formula is C16H16BrF2N. The van der Waals surface area contributed by atoms with Gasteiger partial charge in [-0.1, -0.05) is 23.8 Å². The maximum Gasteiger partial charge on any atom is 0.137 e. The third kappa shape index (κ3) is 3.25. The summed E-state index contributed by atoms with van der Waals surface area (Å²) < 4.78 is 27.5. The highest BCUT2D eigenvalue weighted by atomic mass is 79.9. The first-order valence-electron chi connectivity index (χ1n) is 6.34. The van der Waals surface area contributed by atoms with Gasteiger partial charge in [0.15, 0.2) is 0 Å². The second kappa shape index (κ2) is 6.02. The molecular weight excluding hydrogens is 324 g/mol. The van der Waals surface area contributed by atoms with Crippen molar-refractivity contribution in [3.63, 3.8) is 0 Å². The summed E-state index contributed by atoms with van der Waals surface area (Å²) >= 11 is 2.96. The molecule has 0 aliphatic heterocycles. The van der Waals surface area contributed by atoms with Crippen molar-refractivity contribution in [3.05, 3.63) is 68.7 Å². The third-order valence-electron chi connectivity index (χ3n) is 3.38. The van der Waals surface area contributed by atoms with Crippen LogP contribution in [0.25, 0.3) is 0 Å². The van der Waals surface area contributed by atoms with E-state index in [1.807, 2.05) is 32.0 Å². The van der Waals surface area contributed by atoms with Crippen LogP contribution in [0.15, 0.2) is 34.8 Å². The Kier molecular flexibility index (Phi) is 4.55. The van der Waals surface area contributed by atoms with E-state index in [1.165, 1.54) is 0 Å². The van der Waals surface area contributed by atoms with Crippen LogP contribution < -0.4 is 5.73 Å². The van der Waals surface area contributed by atoms with Crippen molar-refractivity contribution in [1.82, 2.24) is 0 Å². The van der Waals surface area contributed by atoms with Gasteiger partial charge in [-0.2, -0.15) is 0 Å². The van der Waals surface area contributed by atoms with Crippen LogP contribution in [-0.2, 0) is 6.42 Å². The zero-order valence-electron chi connectivity index (χ0n) is 11.4. The number of rotatable bonds is 3. The molecule has 0 saturated carbocycles. The van der Waals surface area contributed by atoms with Crippen molar-refractivity contribution >= 4 is 15.9 Å². The molecule has 106 valence electrons. The SMILES string of the molecule is Cc1ccc(C)c(CC(N)c2cc(F)c(Br)cc2F)c1. The quantitative estimate of drug-likeness (QED) is 0.813. The Morgan fingerprint density at radius 2 is 1.80 bits per heavy atom. The van der Waals surface area contributed by atoms with Gasteiger partial charge in [0.1, 0.15) is 11.6 Å². The van der Waals surface area contributed by atoms with Crippen LogP contribution in [-0.4, -0.2) is 0 Å². The molecule has 2 aromatic carbocycles. The van der Waals surface area contributed by atoms with Crippen molar-refractivity contribution in [2.45, 2.75) is 26.3 Å². The highest BCUT2D eigenvalue weighted by molar-refractivity contribution is 9.10. The summed E-state index contributed by atoms with van der Waals surface area (Å²) in [5.74, 6) is -0.992. The largest absolute Gasteiger partial charge is 0.324 e. The smallest absolute Gasteiger partial charge is 0.137 e. The zero-order valence-corrected chi connectivity index (χ0v) is 13.0. The van der Waals surface area contributed by atoms with Crippen molar-refractivity contribution in [1.29, 1.82) is 0 Å². The minimum atomic E-state index is -0.571. The zero-order chi connectivity index (χ0) is 14.9. The predicted molar refractivity (Wildman–Crippen MR) is 80.6 cm³/mol. The predicted octanol–water partition coefficient (Wildman–Crippen LogP) is 4.59. The minimum Gasteiger partial charge on any atom is -0.324 e. The number of nitrogens with two attached hydrogens (primary N) is 1. The Morgan fingerprint density at radius 1 is 1.10 bits per heavy atom. The summed E-state index contributed by atoms with van der Waals surface area (Å²) in [4.78, 5) is 0. The fraction of sp³-hybridized carbons (Fsp3) is 0.250. The van der Waals surface area contributed by atoms with Crippen LogP contribution in [0.5, 0.6) is 0 Å². The fourth-order valence-corrected chi connectivity index (χ4v) is 2.50. The number of hydrogen-bond acceptors (Lipinski definition) is 1. The number of hydrogen-bond donors (Lipinski definition) is 1. The van der Waals surface area contributed by atoms with E-state index in [0.29, 0.717) is 6.42 Å². The summed E-state index contributed by atoms with van der Waals surface area (Å²) in [6.07, 6.45) is 0.478. The van der Waals surface area contributed by atoms with E-state index in [-0.39, 0.29) is 10.0 Å². The topological polar surface area (TPSA) is 26.0 Å². The molecule has 2 N–H and O–H groups in total. The van der Waals surface area contributed by atoms with E-state index >= 15 is 0 Å². The molecule has 1 unspecified atom stereocenters. The molecule has 0 saturated heterocycles. The molecule has 2 rings (SSSR count). The minimum absolute atomic E-state index is 0.109. The van der Waals surface area contributed by atoms with Crippen molar-refractivity contribution in [2.24, 2.45) is 5.73 Å². The van der Waals surface area contributed by atoms with E-state index in [9.17, 15) is 8.78 Å². The van der Waals surface area contributed by atoms with Crippen molar-refractivity contribution in [3.8, 4) is 0 Å². The third-order valence-corrected chi connectivity index (χ3v) is 3.99. The second-order valence-electron chi connectivity index (χ2n) is 5.03. The van der Waals surface area contributed by atoms with Crippen molar-refractivity contribution < 1.29 is 8.78 Å². The van der Waals surface area contributed by atoms with Crippen molar-refractivity contribution in [2.75, 3.05) is 0 Å². The van der Waals surface area contributed by atoms with Gasteiger partial charge in [-0.05, 0) is 59.5 Å². The van der Waals surface area contributed by atoms with Gasteiger partial charge in [0.05, 0.1) is 4.47 Å². The van der Waals surface area contributed by atoms with Crippen LogP contribution >= 0.6 is 15.9 Å². The van der Waals surface area contributed by atoms with Gasteiger partial charge in [0, 0.05) is 11.6 Å². The van der Waals surface area contributed by atoms with E-state index in [2.05, 4.69) is 15.9 Å². The first-order valence-corrected chi connectivity index (χ1v) is 7.14. The van der Waals surface area contributed by atoms with Crippen LogP contribution in [0.4, 0.5) is 8.78 Å². The molecule has 1 atom stereocenters. The average molecular weight is 340 g/mol. The van der Waals surface area contributed by atoms with Gasteiger partial charge in [-0.15, -0.1) is 0 Å². The molecule has 0 aliphatic carbocycles. The molecule has 1 nitrogen and oxygen atoms in total. The highest BCUT2D eigenvalue weighted by Crippen LogP contribution is 2.26.